The summed E-state index contributed by atoms with van der Waals surface area (Å²) in [4.78, 5) is 27.9. The van der Waals surface area contributed by atoms with Crippen molar-refractivity contribution in [3.05, 3.63) is 64.6 Å². The van der Waals surface area contributed by atoms with E-state index in [1.165, 1.54) is 4.31 Å². The van der Waals surface area contributed by atoms with Crippen molar-refractivity contribution in [2.24, 2.45) is 0 Å². The average Bonchev–Trinajstić information content (AvgIpc) is 3.32. The molecule has 2 aromatic rings. The fraction of sp³-hybridized carbons (Fsp3) is 0.462. The molecule has 1 aliphatic rings. The molecule has 190 valence electrons. The quantitative estimate of drug-likeness (QED) is 0.437. The van der Waals surface area contributed by atoms with E-state index in [1.54, 1.807) is 36.1 Å². The van der Waals surface area contributed by atoms with Crippen molar-refractivity contribution in [2.75, 3.05) is 17.1 Å². The van der Waals surface area contributed by atoms with Gasteiger partial charge in [0.15, 0.2) is 0 Å². The largest absolute Gasteiger partial charge is 0.352 e. The van der Waals surface area contributed by atoms with Crippen molar-refractivity contribution in [3.63, 3.8) is 0 Å². The maximum Gasteiger partial charge on any atom is 0.242 e. The second-order valence-electron chi connectivity index (χ2n) is 9.09. The molecule has 0 radical (unpaired) electrons. The Bertz CT molecular complexity index is 1100. The van der Waals surface area contributed by atoms with Crippen molar-refractivity contribution < 1.29 is 18.0 Å². The van der Waals surface area contributed by atoms with Gasteiger partial charge in [0, 0.05) is 30.0 Å². The summed E-state index contributed by atoms with van der Waals surface area (Å²) in [5.41, 5.74) is 1.48. The molecular weight excluding hydrogens is 530 g/mol. The first kappa shape index (κ1) is 27.2. The molecule has 35 heavy (non-hydrogen) atoms. The first-order valence-electron chi connectivity index (χ1n) is 12.0. The fourth-order valence-corrected chi connectivity index (χ4v) is 5.82. The van der Waals surface area contributed by atoms with Crippen LogP contribution in [0.1, 0.15) is 51.0 Å². The Morgan fingerprint density at radius 3 is 2.40 bits per heavy atom. The SMILES string of the molecule is C[C@@H](C(=O)NC1CCCC1)N(Cc1cccc(Br)c1)C(=O)CCCN(c1ccccc1)S(C)(=O)=O. The molecule has 1 saturated carbocycles. The Kier molecular flexibility index (Phi) is 9.74. The summed E-state index contributed by atoms with van der Waals surface area (Å²) >= 11 is 3.47. The van der Waals surface area contributed by atoms with Gasteiger partial charge in [-0.2, -0.15) is 0 Å². The number of sulfonamides is 1. The van der Waals surface area contributed by atoms with Crippen LogP contribution in [0, 0.1) is 0 Å². The minimum Gasteiger partial charge on any atom is -0.352 e. The summed E-state index contributed by atoms with van der Waals surface area (Å²) in [6.45, 7) is 2.24. The molecular formula is C26H34BrN3O4S. The van der Waals surface area contributed by atoms with E-state index in [0.29, 0.717) is 18.7 Å². The Balaban J connectivity index is 1.70. The lowest BCUT2D eigenvalue weighted by atomic mass is 10.1. The number of amides is 2. The van der Waals surface area contributed by atoms with Crippen molar-refractivity contribution in [2.45, 2.75) is 64.1 Å². The number of anilines is 1. The number of halogens is 1. The first-order valence-corrected chi connectivity index (χ1v) is 14.7. The lowest BCUT2D eigenvalue weighted by molar-refractivity contribution is -0.141. The molecule has 0 aliphatic heterocycles. The summed E-state index contributed by atoms with van der Waals surface area (Å²) in [6.07, 6.45) is 5.80. The van der Waals surface area contributed by atoms with Gasteiger partial charge in [-0.3, -0.25) is 13.9 Å². The molecule has 2 amide bonds. The molecule has 0 heterocycles. The number of carbonyl (C=O) groups is 2. The van der Waals surface area contributed by atoms with Crippen molar-refractivity contribution in [1.82, 2.24) is 10.2 Å². The standard InChI is InChI=1S/C26H34BrN3O4S/c1-20(26(32)28-23-12-6-7-13-23)29(19-21-10-8-11-22(27)18-21)25(31)16-9-17-30(35(2,33)34)24-14-4-3-5-15-24/h3-5,8,10-11,14-15,18,20,23H,6-7,9,12-13,16-17,19H2,1-2H3,(H,28,32)/t20-/m0/s1. The van der Waals surface area contributed by atoms with Gasteiger partial charge in [-0.25, -0.2) is 8.42 Å². The van der Waals surface area contributed by atoms with Gasteiger partial charge < -0.3 is 10.2 Å². The summed E-state index contributed by atoms with van der Waals surface area (Å²) in [5, 5.41) is 3.10. The average molecular weight is 565 g/mol. The number of nitrogens with zero attached hydrogens (tertiary/aromatic N) is 2. The highest BCUT2D eigenvalue weighted by Crippen LogP contribution is 2.21. The topological polar surface area (TPSA) is 86.8 Å². The number of benzene rings is 2. The highest BCUT2D eigenvalue weighted by atomic mass is 79.9. The molecule has 7 nitrogen and oxygen atoms in total. The molecule has 1 aliphatic carbocycles. The number of carbonyl (C=O) groups excluding carboxylic acids is 2. The van der Waals surface area contributed by atoms with Crippen LogP contribution in [-0.2, 0) is 26.2 Å². The number of para-hydroxylation sites is 1. The first-order chi connectivity index (χ1) is 16.6. The van der Waals surface area contributed by atoms with Crippen LogP contribution in [0.15, 0.2) is 59.1 Å². The zero-order valence-electron chi connectivity index (χ0n) is 20.3. The highest BCUT2D eigenvalue weighted by Gasteiger charge is 2.28. The van der Waals surface area contributed by atoms with Crippen LogP contribution >= 0.6 is 15.9 Å². The minimum atomic E-state index is -3.49. The zero-order valence-corrected chi connectivity index (χ0v) is 22.7. The van der Waals surface area contributed by atoms with Crippen LogP contribution in [-0.4, -0.2) is 50.0 Å². The summed E-state index contributed by atoms with van der Waals surface area (Å²) in [6, 6.07) is 16.1. The second-order valence-corrected chi connectivity index (χ2v) is 11.9. The third-order valence-electron chi connectivity index (χ3n) is 6.31. The number of nitrogens with one attached hydrogen (secondary N) is 1. The maximum atomic E-state index is 13.3. The van der Waals surface area contributed by atoms with Gasteiger partial charge in [0.2, 0.25) is 21.8 Å². The molecule has 0 unspecified atom stereocenters. The van der Waals surface area contributed by atoms with Crippen LogP contribution in [0.2, 0.25) is 0 Å². The predicted molar refractivity (Wildman–Crippen MR) is 142 cm³/mol. The number of hydrogen-bond acceptors (Lipinski definition) is 4. The van der Waals surface area contributed by atoms with E-state index >= 15 is 0 Å². The lowest BCUT2D eigenvalue weighted by Gasteiger charge is -2.30. The molecule has 1 atom stereocenters. The molecule has 9 heteroatoms. The van der Waals surface area contributed by atoms with Gasteiger partial charge in [0.1, 0.15) is 6.04 Å². The third-order valence-corrected chi connectivity index (χ3v) is 7.99. The van der Waals surface area contributed by atoms with E-state index in [0.717, 1.165) is 42.0 Å². The van der Waals surface area contributed by atoms with Crippen LogP contribution in [0.4, 0.5) is 5.69 Å². The predicted octanol–water partition coefficient (Wildman–Crippen LogP) is 4.47. The Morgan fingerprint density at radius 1 is 1.09 bits per heavy atom. The van der Waals surface area contributed by atoms with Gasteiger partial charge in [-0.1, -0.05) is 59.1 Å². The van der Waals surface area contributed by atoms with E-state index in [4.69, 9.17) is 0 Å². The van der Waals surface area contributed by atoms with Gasteiger partial charge in [0.05, 0.1) is 11.9 Å². The molecule has 2 aromatic carbocycles. The zero-order chi connectivity index (χ0) is 25.4. The summed E-state index contributed by atoms with van der Waals surface area (Å²) < 4.78 is 26.9. The van der Waals surface area contributed by atoms with Crippen molar-refractivity contribution in [1.29, 1.82) is 0 Å². The Morgan fingerprint density at radius 2 is 1.77 bits per heavy atom. The van der Waals surface area contributed by atoms with Crippen LogP contribution in [0.3, 0.4) is 0 Å². The van der Waals surface area contributed by atoms with Gasteiger partial charge in [-0.15, -0.1) is 0 Å². The Labute approximate surface area is 217 Å². The summed E-state index contributed by atoms with van der Waals surface area (Å²) in [7, 11) is -3.49. The van der Waals surface area contributed by atoms with Gasteiger partial charge >= 0.3 is 0 Å². The number of rotatable bonds is 11. The molecule has 0 saturated heterocycles. The van der Waals surface area contributed by atoms with E-state index in [-0.39, 0.29) is 30.8 Å². The van der Waals surface area contributed by atoms with Crippen LogP contribution in [0.5, 0.6) is 0 Å². The van der Waals surface area contributed by atoms with Gasteiger partial charge in [-0.05, 0) is 56.0 Å². The molecule has 3 rings (SSSR count). The normalized spacial score (nSPS) is 14.9. The second kappa shape index (κ2) is 12.5. The molecule has 1 N–H and O–H groups in total. The van der Waals surface area contributed by atoms with E-state index in [2.05, 4.69) is 21.2 Å². The van der Waals surface area contributed by atoms with Crippen LogP contribution < -0.4 is 9.62 Å². The minimum absolute atomic E-state index is 0.133. The molecule has 0 spiro atoms. The fourth-order valence-electron chi connectivity index (χ4n) is 4.40. The molecule has 0 aromatic heterocycles. The van der Waals surface area contributed by atoms with Crippen molar-refractivity contribution in [3.8, 4) is 0 Å². The third kappa shape index (κ3) is 8.07. The van der Waals surface area contributed by atoms with E-state index in [9.17, 15) is 18.0 Å². The van der Waals surface area contributed by atoms with Crippen molar-refractivity contribution >= 4 is 43.5 Å². The molecule has 0 bridgehead atoms. The monoisotopic (exact) mass is 563 g/mol. The van der Waals surface area contributed by atoms with E-state index in [1.807, 2.05) is 30.3 Å². The van der Waals surface area contributed by atoms with E-state index < -0.39 is 16.1 Å². The lowest BCUT2D eigenvalue weighted by Crippen LogP contribution is -2.49. The number of hydrogen-bond donors (Lipinski definition) is 1. The smallest absolute Gasteiger partial charge is 0.242 e. The van der Waals surface area contributed by atoms with Gasteiger partial charge in [0.25, 0.3) is 0 Å². The highest BCUT2D eigenvalue weighted by molar-refractivity contribution is 9.10. The summed E-state index contributed by atoms with van der Waals surface area (Å²) in [5.74, 6) is -0.331. The maximum absolute atomic E-state index is 13.3. The molecule has 1 fully saturated rings. The van der Waals surface area contributed by atoms with Crippen LogP contribution in [0.25, 0.3) is 0 Å². The Hall–Kier alpha value is -2.39.